The quantitative estimate of drug-likeness (QED) is 0.184. The molecule has 0 heterocycles. The van der Waals surface area contributed by atoms with Crippen LogP contribution in [-0.4, -0.2) is 23.5 Å². The lowest BCUT2D eigenvalue weighted by atomic mass is 10.6. The first-order valence-electron chi connectivity index (χ1n) is 3.55. The van der Waals surface area contributed by atoms with Crippen molar-refractivity contribution >= 4 is 17.7 Å². The molecule has 0 saturated heterocycles. The van der Waals surface area contributed by atoms with E-state index in [0.29, 0.717) is 11.2 Å². The van der Waals surface area contributed by atoms with E-state index in [0.717, 1.165) is 12.3 Å². The normalized spacial score (nSPS) is 12.2. The van der Waals surface area contributed by atoms with Crippen LogP contribution in [0.15, 0.2) is 4.99 Å². The number of rotatable bonds is 4. The Morgan fingerprint density at radius 1 is 1.64 bits per heavy atom. The van der Waals surface area contributed by atoms with Crippen molar-refractivity contribution in [1.82, 2.24) is 5.43 Å². The number of hydrazine groups is 1. The number of hydrogen-bond donors (Lipinski definition) is 3. The number of aliphatic imine (C=N–C) groups is 1. The maximum absolute atomic E-state index is 5.29. The summed E-state index contributed by atoms with van der Waals surface area (Å²) in [4.78, 5) is 3.95. The van der Waals surface area contributed by atoms with Gasteiger partial charge in [0.05, 0.1) is 6.54 Å². The molecule has 0 aliphatic rings. The molecule has 0 aromatic heterocycles. The van der Waals surface area contributed by atoms with Gasteiger partial charge in [0.1, 0.15) is 0 Å². The third kappa shape index (κ3) is 7.48. The van der Waals surface area contributed by atoms with Crippen molar-refractivity contribution in [2.75, 3.05) is 12.3 Å². The molecule has 0 saturated carbocycles. The SMILES string of the molecule is CC(C)SCCN=C(N)NN. The van der Waals surface area contributed by atoms with Crippen LogP contribution in [0.25, 0.3) is 0 Å². The lowest BCUT2D eigenvalue weighted by molar-refractivity contribution is 0.976. The van der Waals surface area contributed by atoms with E-state index in [-0.39, 0.29) is 0 Å². The summed E-state index contributed by atoms with van der Waals surface area (Å²) in [7, 11) is 0. The van der Waals surface area contributed by atoms with Crippen molar-refractivity contribution < 1.29 is 0 Å². The Hall–Kier alpha value is -0.420. The van der Waals surface area contributed by atoms with Crippen LogP contribution in [0.5, 0.6) is 0 Å². The lowest BCUT2D eigenvalue weighted by Crippen LogP contribution is -2.37. The minimum absolute atomic E-state index is 0.300. The van der Waals surface area contributed by atoms with Gasteiger partial charge in [0.15, 0.2) is 0 Å². The molecule has 0 rings (SSSR count). The zero-order valence-corrected chi connectivity index (χ0v) is 7.82. The summed E-state index contributed by atoms with van der Waals surface area (Å²) in [6, 6.07) is 0. The van der Waals surface area contributed by atoms with Crippen LogP contribution in [-0.2, 0) is 0 Å². The average Bonchev–Trinajstić information content (AvgIpc) is 1.97. The fraction of sp³-hybridized carbons (Fsp3) is 0.833. The van der Waals surface area contributed by atoms with Gasteiger partial charge in [-0.05, 0) is 5.25 Å². The van der Waals surface area contributed by atoms with Crippen molar-refractivity contribution in [1.29, 1.82) is 0 Å². The first kappa shape index (κ1) is 10.6. The van der Waals surface area contributed by atoms with E-state index in [9.17, 15) is 0 Å². The van der Waals surface area contributed by atoms with Crippen LogP contribution in [0, 0.1) is 0 Å². The molecule has 11 heavy (non-hydrogen) atoms. The predicted molar refractivity (Wildman–Crippen MR) is 51.4 cm³/mol. The molecule has 0 aliphatic carbocycles. The molecule has 0 aromatic rings. The highest BCUT2D eigenvalue weighted by Gasteiger charge is 1.92. The zero-order chi connectivity index (χ0) is 8.69. The highest BCUT2D eigenvalue weighted by atomic mass is 32.2. The number of nitrogens with two attached hydrogens (primary N) is 2. The van der Waals surface area contributed by atoms with Gasteiger partial charge in [-0.3, -0.25) is 10.4 Å². The van der Waals surface area contributed by atoms with E-state index < -0.39 is 0 Å². The van der Waals surface area contributed by atoms with Gasteiger partial charge in [0, 0.05) is 5.75 Å². The van der Waals surface area contributed by atoms with Crippen molar-refractivity contribution in [3.8, 4) is 0 Å². The predicted octanol–water partition coefficient (Wildman–Crippen LogP) is -0.0940. The Bertz CT molecular complexity index is 124. The van der Waals surface area contributed by atoms with Crippen LogP contribution >= 0.6 is 11.8 Å². The van der Waals surface area contributed by atoms with Crippen LogP contribution in [0.4, 0.5) is 0 Å². The second-order valence-corrected chi connectivity index (χ2v) is 4.02. The Balaban J connectivity index is 3.26. The summed E-state index contributed by atoms with van der Waals surface area (Å²) in [5, 5.41) is 0.650. The van der Waals surface area contributed by atoms with E-state index in [4.69, 9.17) is 11.6 Å². The van der Waals surface area contributed by atoms with Crippen LogP contribution in [0.2, 0.25) is 0 Å². The molecule has 0 aromatic carbocycles. The Morgan fingerprint density at radius 2 is 2.27 bits per heavy atom. The van der Waals surface area contributed by atoms with E-state index in [1.54, 1.807) is 0 Å². The molecule has 0 amide bonds. The largest absolute Gasteiger partial charge is 0.369 e. The zero-order valence-electron chi connectivity index (χ0n) is 7.00. The van der Waals surface area contributed by atoms with Crippen molar-refractivity contribution in [2.24, 2.45) is 16.6 Å². The third-order valence-electron chi connectivity index (χ3n) is 0.973. The van der Waals surface area contributed by atoms with Crippen LogP contribution < -0.4 is 17.0 Å². The van der Waals surface area contributed by atoms with Crippen molar-refractivity contribution in [2.45, 2.75) is 19.1 Å². The monoisotopic (exact) mass is 176 g/mol. The summed E-state index contributed by atoms with van der Waals surface area (Å²) in [5.41, 5.74) is 7.57. The highest BCUT2D eigenvalue weighted by Crippen LogP contribution is 2.07. The molecule has 4 nitrogen and oxygen atoms in total. The molecule has 5 N–H and O–H groups in total. The number of nitrogens with one attached hydrogen (secondary N) is 1. The van der Waals surface area contributed by atoms with E-state index >= 15 is 0 Å². The van der Waals surface area contributed by atoms with Gasteiger partial charge in [-0.25, -0.2) is 5.84 Å². The van der Waals surface area contributed by atoms with Crippen LogP contribution in [0.1, 0.15) is 13.8 Å². The van der Waals surface area contributed by atoms with Crippen molar-refractivity contribution in [3.05, 3.63) is 0 Å². The molecule has 0 unspecified atom stereocenters. The van der Waals surface area contributed by atoms with Gasteiger partial charge < -0.3 is 5.73 Å². The lowest BCUT2D eigenvalue weighted by Gasteiger charge is -2.02. The van der Waals surface area contributed by atoms with E-state index in [2.05, 4.69) is 24.3 Å². The van der Waals surface area contributed by atoms with Crippen LogP contribution in [0.3, 0.4) is 0 Å². The first-order valence-corrected chi connectivity index (χ1v) is 4.60. The van der Waals surface area contributed by atoms with Gasteiger partial charge in [-0.1, -0.05) is 13.8 Å². The topological polar surface area (TPSA) is 76.4 Å². The molecule has 0 bridgehead atoms. The summed E-state index contributed by atoms with van der Waals surface area (Å²) in [6.07, 6.45) is 0. The molecule has 66 valence electrons. The van der Waals surface area contributed by atoms with Gasteiger partial charge >= 0.3 is 0 Å². The van der Waals surface area contributed by atoms with E-state index in [1.807, 2.05) is 11.8 Å². The van der Waals surface area contributed by atoms with Gasteiger partial charge in [-0.2, -0.15) is 11.8 Å². The Morgan fingerprint density at radius 3 is 2.73 bits per heavy atom. The molecule has 0 spiro atoms. The molecule has 0 aliphatic heterocycles. The van der Waals surface area contributed by atoms with Gasteiger partial charge in [0.25, 0.3) is 0 Å². The smallest absolute Gasteiger partial charge is 0.203 e. The Kier molecular flexibility index (Phi) is 6.06. The second kappa shape index (κ2) is 6.30. The highest BCUT2D eigenvalue weighted by molar-refractivity contribution is 7.99. The fourth-order valence-electron chi connectivity index (χ4n) is 0.500. The molecular formula is C6H16N4S. The third-order valence-corrected chi connectivity index (χ3v) is 2.06. The fourth-order valence-corrected chi connectivity index (χ4v) is 1.17. The maximum Gasteiger partial charge on any atom is 0.203 e. The molecule has 0 fully saturated rings. The number of nitrogens with zero attached hydrogens (tertiary/aromatic N) is 1. The van der Waals surface area contributed by atoms with E-state index in [1.165, 1.54) is 0 Å². The minimum atomic E-state index is 0.300. The van der Waals surface area contributed by atoms with Gasteiger partial charge in [0.2, 0.25) is 5.96 Å². The maximum atomic E-state index is 5.29. The summed E-state index contributed by atoms with van der Waals surface area (Å²) < 4.78 is 0. The number of thioether (sulfide) groups is 1. The Labute approximate surface area is 71.8 Å². The summed E-state index contributed by atoms with van der Waals surface area (Å²) in [5.74, 6) is 6.29. The molecule has 0 atom stereocenters. The molecule has 5 heteroatoms. The molecule has 0 radical (unpaired) electrons. The minimum Gasteiger partial charge on any atom is -0.369 e. The first-order chi connectivity index (χ1) is 5.16. The average molecular weight is 176 g/mol. The second-order valence-electron chi connectivity index (χ2n) is 2.33. The number of hydrogen-bond acceptors (Lipinski definition) is 3. The number of guanidine groups is 1. The van der Waals surface area contributed by atoms with Crippen molar-refractivity contribution in [3.63, 3.8) is 0 Å². The standard InChI is InChI=1S/C6H16N4S/c1-5(2)11-4-3-9-6(7)10-8/h5H,3-4,8H2,1-2H3,(H3,7,9,10). The van der Waals surface area contributed by atoms with Gasteiger partial charge in [-0.15, -0.1) is 0 Å². The molecular weight excluding hydrogens is 160 g/mol. The summed E-state index contributed by atoms with van der Waals surface area (Å²) >= 11 is 1.85. The summed E-state index contributed by atoms with van der Waals surface area (Å²) in [6.45, 7) is 5.02.